The Morgan fingerprint density at radius 1 is 0.976 bits per heavy atom. The molecule has 1 atom stereocenters. The standard InChI is InChI=1S/C31H38ClN3O5S/c1-22-15-16-25(19-27(22)32)35(41(6,38)39)21-29(36)34(20-24-13-10-14-26(17-24)40-5)28(30(37)33-31(2,3)4)18-23-11-8-7-9-12-23/h7-17,19,28H,18,20-21H2,1-6H3,(H,33,37). The van der Waals surface area contributed by atoms with Gasteiger partial charge >= 0.3 is 0 Å². The maximum Gasteiger partial charge on any atom is 0.244 e. The van der Waals surface area contributed by atoms with Crippen molar-refractivity contribution in [3.63, 3.8) is 0 Å². The number of hydrogen-bond acceptors (Lipinski definition) is 5. The van der Waals surface area contributed by atoms with E-state index in [0.717, 1.165) is 27.3 Å². The second-order valence-corrected chi connectivity index (χ2v) is 13.3. The fourth-order valence-corrected chi connectivity index (χ4v) is 5.34. The first kappa shape index (κ1) is 32.0. The highest BCUT2D eigenvalue weighted by Crippen LogP contribution is 2.26. The van der Waals surface area contributed by atoms with Gasteiger partial charge in [-0.1, -0.05) is 60.1 Å². The number of carbonyl (C=O) groups excluding carboxylic acids is 2. The SMILES string of the molecule is COc1cccc(CN(C(=O)CN(c2ccc(C)c(Cl)c2)S(C)(=O)=O)C(Cc2ccccc2)C(=O)NC(C)(C)C)c1. The lowest BCUT2D eigenvalue weighted by atomic mass is 10.0. The van der Waals surface area contributed by atoms with Crippen LogP contribution in [0, 0.1) is 6.92 Å². The summed E-state index contributed by atoms with van der Waals surface area (Å²) in [6, 6.07) is 20.5. The molecular formula is C31H38ClN3O5S. The third kappa shape index (κ3) is 9.23. The number of benzene rings is 3. The summed E-state index contributed by atoms with van der Waals surface area (Å²) in [5.74, 6) is -0.289. The van der Waals surface area contributed by atoms with Gasteiger partial charge in [0, 0.05) is 23.5 Å². The summed E-state index contributed by atoms with van der Waals surface area (Å²) in [5.41, 5.74) is 2.06. The van der Waals surface area contributed by atoms with E-state index in [2.05, 4.69) is 5.32 Å². The van der Waals surface area contributed by atoms with E-state index >= 15 is 0 Å². The van der Waals surface area contributed by atoms with Crippen molar-refractivity contribution < 1.29 is 22.7 Å². The summed E-state index contributed by atoms with van der Waals surface area (Å²) in [6.45, 7) is 6.94. The molecule has 41 heavy (non-hydrogen) atoms. The molecule has 3 aromatic carbocycles. The summed E-state index contributed by atoms with van der Waals surface area (Å²) in [6.07, 6.45) is 1.27. The predicted octanol–water partition coefficient (Wildman–Crippen LogP) is 4.98. The fraction of sp³-hybridized carbons (Fsp3) is 0.355. The second kappa shape index (κ2) is 13.4. The first-order valence-electron chi connectivity index (χ1n) is 13.2. The average Bonchev–Trinajstić information content (AvgIpc) is 2.90. The third-order valence-corrected chi connectivity index (χ3v) is 7.93. The van der Waals surface area contributed by atoms with Gasteiger partial charge in [-0.3, -0.25) is 13.9 Å². The Morgan fingerprint density at radius 3 is 2.22 bits per heavy atom. The highest BCUT2D eigenvalue weighted by Gasteiger charge is 2.34. The fourth-order valence-electron chi connectivity index (χ4n) is 4.32. The summed E-state index contributed by atoms with van der Waals surface area (Å²) >= 11 is 6.31. The normalized spacial score (nSPS) is 12.4. The molecule has 0 aliphatic heterocycles. The van der Waals surface area contributed by atoms with Gasteiger partial charge in [-0.25, -0.2) is 8.42 Å². The van der Waals surface area contributed by atoms with Crippen LogP contribution in [0.4, 0.5) is 5.69 Å². The Hall–Kier alpha value is -3.56. The topological polar surface area (TPSA) is 96.0 Å². The molecule has 0 aliphatic carbocycles. The molecule has 2 amide bonds. The first-order valence-corrected chi connectivity index (χ1v) is 15.4. The lowest BCUT2D eigenvalue weighted by Crippen LogP contribution is -2.56. The van der Waals surface area contributed by atoms with Crippen LogP contribution in [0.2, 0.25) is 5.02 Å². The number of amides is 2. The predicted molar refractivity (Wildman–Crippen MR) is 164 cm³/mol. The van der Waals surface area contributed by atoms with E-state index in [1.165, 1.54) is 11.0 Å². The third-order valence-electron chi connectivity index (χ3n) is 6.38. The van der Waals surface area contributed by atoms with Crippen molar-refractivity contribution in [2.75, 3.05) is 24.2 Å². The molecule has 0 heterocycles. The minimum Gasteiger partial charge on any atom is -0.497 e. The molecule has 1 unspecified atom stereocenters. The number of nitrogens with one attached hydrogen (secondary N) is 1. The highest BCUT2D eigenvalue weighted by atomic mass is 35.5. The van der Waals surface area contributed by atoms with Crippen molar-refractivity contribution in [3.8, 4) is 5.75 Å². The Labute approximate surface area is 248 Å². The first-order chi connectivity index (χ1) is 19.2. The van der Waals surface area contributed by atoms with Crippen LogP contribution in [0.25, 0.3) is 0 Å². The van der Waals surface area contributed by atoms with Crippen molar-refractivity contribution >= 4 is 39.1 Å². The number of ether oxygens (including phenoxy) is 1. The molecule has 0 saturated carbocycles. The number of halogens is 1. The Bertz CT molecular complexity index is 1470. The zero-order chi connectivity index (χ0) is 30.4. The quantitative estimate of drug-likeness (QED) is 0.335. The van der Waals surface area contributed by atoms with Gasteiger partial charge in [0.1, 0.15) is 18.3 Å². The minimum absolute atomic E-state index is 0.0529. The van der Waals surface area contributed by atoms with E-state index in [4.69, 9.17) is 16.3 Å². The number of carbonyl (C=O) groups is 2. The molecular weight excluding hydrogens is 562 g/mol. The largest absolute Gasteiger partial charge is 0.497 e. The molecule has 8 nitrogen and oxygen atoms in total. The van der Waals surface area contributed by atoms with Crippen LogP contribution >= 0.6 is 11.6 Å². The molecule has 0 aromatic heterocycles. The molecule has 0 bridgehead atoms. The van der Waals surface area contributed by atoms with Crippen molar-refractivity contribution in [3.05, 3.63) is 94.5 Å². The number of methoxy groups -OCH3 is 1. The second-order valence-electron chi connectivity index (χ2n) is 11.0. The summed E-state index contributed by atoms with van der Waals surface area (Å²) in [5, 5.41) is 3.38. The number of nitrogens with zero attached hydrogens (tertiary/aromatic N) is 2. The summed E-state index contributed by atoms with van der Waals surface area (Å²) < 4.78 is 32.2. The zero-order valence-corrected chi connectivity index (χ0v) is 25.9. The van der Waals surface area contributed by atoms with Crippen molar-refractivity contribution in [1.82, 2.24) is 10.2 Å². The van der Waals surface area contributed by atoms with Crippen molar-refractivity contribution in [2.24, 2.45) is 0 Å². The monoisotopic (exact) mass is 599 g/mol. The van der Waals surface area contributed by atoms with Gasteiger partial charge in [-0.15, -0.1) is 0 Å². The lowest BCUT2D eigenvalue weighted by molar-refractivity contribution is -0.140. The van der Waals surface area contributed by atoms with E-state index in [1.807, 2.05) is 57.2 Å². The average molecular weight is 600 g/mol. The molecule has 0 radical (unpaired) electrons. The van der Waals surface area contributed by atoms with Gasteiger partial charge in [0.05, 0.1) is 19.1 Å². The maximum absolute atomic E-state index is 14.2. The van der Waals surface area contributed by atoms with Crippen LogP contribution in [0.1, 0.15) is 37.5 Å². The van der Waals surface area contributed by atoms with Gasteiger partial charge < -0.3 is 15.0 Å². The molecule has 220 valence electrons. The molecule has 3 aromatic rings. The summed E-state index contributed by atoms with van der Waals surface area (Å²) in [7, 11) is -2.34. The van der Waals surface area contributed by atoms with Gasteiger partial charge in [0.15, 0.2) is 0 Å². The van der Waals surface area contributed by atoms with Crippen LogP contribution in [0.15, 0.2) is 72.8 Å². The van der Waals surface area contributed by atoms with Crippen LogP contribution < -0.4 is 14.4 Å². The van der Waals surface area contributed by atoms with E-state index < -0.39 is 34.1 Å². The van der Waals surface area contributed by atoms with Gasteiger partial charge in [0.2, 0.25) is 21.8 Å². The molecule has 0 aliphatic rings. The number of hydrogen-bond donors (Lipinski definition) is 1. The molecule has 1 N–H and O–H groups in total. The van der Waals surface area contributed by atoms with Gasteiger partial charge in [-0.05, 0) is 68.7 Å². The Kier molecular flexibility index (Phi) is 10.4. The number of rotatable bonds is 11. The molecule has 0 saturated heterocycles. The van der Waals surface area contributed by atoms with E-state index in [9.17, 15) is 18.0 Å². The van der Waals surface area contributed by atoms with E-state index in [0.29, 0.717) is 10.8 Å². The summed E-state index contributed by atoms with van der Waals surface area (Å²) in [4.78, 5) is 29.4. The van der Waals surface area contributed by atoms with Gasteiger partial charge in [0.25, 0.3) is 0 Å². The molecule has 0 spiro atoms. The minimum atomic E-state index is -3.89. The number of anilines is 1. The smallest absolute Gasteiger partial charge is 0.244 e. The van der Waals surface area contributed by atoms with E-state index in [-0.39, 0.29) is 24.6 Å². The zero-order valence-electron chi connectivity index (χ0n) is 24.3. The van der Waals surface area contributed by atoms with Crippen LogP contribution in [0.3, 0.4) is 0 Å². The van der Waals surface area contributed by atoms with Crippen LogP contribution in [0.5, 0.6) is 5.75 Å². The van der Waals surface area contributed by atoms with Crippen LogP contribution in [-0.4, -0.2) is 56.6 Å². The van der Waals surface area contributed by atoms with Crippen molar-refractivity contribution in [2.45, 2.75) is 52.2 Å². The van der Waals surface area contributed by atoms with Gasteiger partial charge in [-0.2, -0.15) is 0 Å². The number of aryl methyl sites for hydroxylation is 1. The Balaban J connectivity index is 2.10. The number of sulfonamides is 1. The Morgan fingerprint density at radius 2 is 1.63 bits per heavy atom. The van der Waals surface area contributed by atoms with Crippen molar-refractivity contribution in [1.29, 1.82) is 0 Å². The molecule has 0 fully saturated rings. The van der Waals surface area contributed by atoms with Crippen LogP contribution in [-0.2, 0) is 32.6 Å². The lowest BCUT2D eigenvalue weighted by Gasteiger charge is -2.35. The molecule has 3 rings (SSSR count). The molecule has 10 heteroatoms. The highest BCUT2D eigenvalue weighted by molar-refractivity contribution is 7.92. The van der Waals surface area contributed by atoms with E-state index in [1.54, 1.807) is 44.4 Å². The maximum atomic E-state index is 14.2.